The van der Waals surface area contributed by atoms with Gasteiger partial charge >= 0.3 is 0 Å². The summed E-state index contributed by atoms with van der Waals surface area (Å²) in [6, 6.07) is 8.75. The van der Waals surface area contributed by atoms with E-state index in [9.17, 15) is 9.32 Å². The number of halogens is 1. The number of nitrogens with zero attached hydrogens (tertiary/aromatic N) is 3. The first kappa shape index (κ1) is 19.7. The van der Waals surface area contributed by atoms with E-state index in [1.54, 1.807) is 0 Å². The minimum Gasteiger partial charge on any atom is -0.394 e. The van der Waals surface area contributed by atoms with Crippen molar-refractivity contribution in [3.8, 4) is 0 Å². The molecule has 2 N–H and O–H groups in total. The maximum Gasteiger partial charge on any atom is 0.227 e. The van der Waals surface area contributed by atoms with Crippen molar-refractivity contribution in [1.29, 1.82) is 0 Å². The molecule has 4 fully saturated rings. The molecule has 7 rings (SSSR count). The lowest BCUT2D eigenvalue weighted by Crippen LogP contribution is -2.49. The number of aliphatic hydroxyl groups excluding tert-OH is 1. The lowest BCUT2D eigenvalue weighted by molar-refractivity contribution is 0.143. The quantitative estimate of drug-likeness (QED) is 0.691. The lowest BCUT2D eigenvalue weighted by Gasteiger charge is -2.42. The molecular formula is C24H27ClN4O2S. The zero-order valence-corrected chi connectivity index (χ0v) is 19.4. The summed E-state index contributed by atoms with van der Waals surface area (Å²) in [6.07, 6.45) is 6.20. The molecule has 0 spiro atoms. The van der Waals surface area contributed by atoms with Gasteiger partial charge in [0.05, 0.1) is 28.6 Å². The second-order valence-electron chi connectivity index (χ2n) is 10.4. The molecule has 1 aromatic carbocycles. The number of hydrogen-bond donors (Lipinski definition) is 2. The largest absolute Gasteiger partial charge is 0.394 e. The molecule has 6 unspecified atom stereocenters. The fraction of sp³-hybridized carbons (Fsp3) is 0.583. The van der Waals surface area contributed by atoms with Crippen LogP contribution in [0.25, 0.3) is 0 Å². The van der Waals surface area contributed by atoms with Crippen molar-refractivity contribution in [3.05, 3.63) is 40.5 Å². The van der Waals surface area contributed by atoms with Crippen molar-refractivity contribution in [2.75, 3.05) is 23.4 Å². The van der Waals surface area contributed by atoms with Gasteiger partial charge in [0.25, 0.3) is 0 Å². The molecule has 6 nitrogen and oxygen atoms in total. The predicted octanol–water partition coefficient (Wildman–Crippen LogP) is 3.82. The highest BCUT2D eigenvalue weighted by atomic mass is 35.5. The Hall–Kier alpha value is -1.70. The first-order chi connectivity index (χ1) is 15.5. The smallest absolute Gasteiger partial charge is 0.227 e. The Kier molecular flexibility index (Phi) is 4.26. The van der Waals surface area contributed by atoms with Gasteiger partial charge in [-0.15, -0.1) is 0 Å². The Morgan fingerprint density at radius 3 is 2.62 bits per heavy atom. The van der Waals surface area contributed by atoms with Crippen LogP contribution in [0.4, 0.5) is 11.8 Å². The highest BCUT2D eigenvalue weighted by Gasteiger charge is 2.55. The second-order valence-corrected chi connectivity index (χ2v) is 12.4. The predicted molar refractivity (Wildman–Crippen MR) is 125 cm³/mol. The molecule has 32 heavy (non-hydrogen) atoms. The summed E-state index contributed by atoms with van der Waals surface area (Å²) < 4.78 is 13.0. The van der Waals surface area contributed by atoms with Crippen molar-refractivity contribution in [2.24, 2.45) is 5.92 Å². The fourth-order valence-electron chi connectivity index (χ4n) is 6.46. The van der Waals surface area contributed by atoms with Crippen molar-refractivity contribution in [1.82, 2.24) is 9.97 Å². The lowest BCUT2D eigenvalue weighted by atomic mass is 9.77. The second kappa shape index (κ2) is 6.90. The molecule has 8 heteroatoms. The van der Waals surface area contributed by atoms with E-state index in [0.29, 0.717) is 29.6 Å². The van der Waals surface area contributed by atoms with E-state index >= 15 is 0 Å². The van der Waals surface area contributed by atoms with Crippen molar-refractivity contribution < 1.29 is 9.32 Å². The molecule has 168 valence electrons. The Morgan fingerprint density at radius 1 is 1.16 bits per heavy atom. The van der Waals surface area contributed by atoms with Gasteiger partial charge in [-0.25, -0.2) is 4.98 Å². The number of anilines is 2. The van der Waals surface area contributed by atoms with Gasteiger partial charge in [-0.3, -0.25) is 4.21 Å². The average Bonchev–Trinajstić information content (AvgIpc) is 3.19. The number of fused-ring (bicyclic) bond motifs is 5. The van der Waals surface area contributed by atoms with Crippen LogP contribution in [0, 0.1) is 5.92 Å². The maximum atomic E-state index is 13.0. The summed E-state index contributed by atoms with van der Waals surface area (Å²) in [5.74, 6) is 2.97. The van der Waals surface area contributed by atoms with Crippen LogP contribution in [0.5, 0.6) is 0 Å². The van der Waals surface area contributed by atoms with Crippen molar-refractivity contribution in [3.63, 3.8) is 0 Å². The molecule has 0 radical (unpaired) electrons. The van der Waals surface area contributed by atoms with Gasteiger partial charge in [0.15, 0.2) is 0 Å². The minimum atomic E-state index is -1.04. The number of nitrogens with one attached hydrogen (secondary N) is 1. The van der Waals surface area contributed by atoms with Gasteiger partial charge in [0.2, 0.25) is 5.95 Å². The molecule has 5 aliphatic rings. The monoisotopic (exact) mass is 470 g/mol. The van der Waals surface area contributed by atoms with Crippen LogP contribution in [0.2, 0.25) is 5.02 Å². The molecule has 2 bridgehead atoms. The topological polar surface area (TPSA) is 78.3 Å². The summed E-state index contributed by atoms with van der Waals surface area (Å²) in [7, 11) is -1.04. The minimum absolute atomic E-state index is 0.0811. The molecular weight excluding hydrogens is 444 g/mol. The highest BCUT2D eigenvalue weighted by molar-refractivity contribution is 7.86. The van der Waals surface area contributed by atoms with Crippen molar-refractivity contribution >= 4 is 34.2 Å². The molecule has 3 heterocycles. The van der Waals surface area contributed by atoms with Gasteiger partial charge in [-0.2, -0.15) is 4.98 Å². The van der Waals surface area contributed by atoms with E-state index < -0.39 is 10.8 Å². The molecule has 6 atom stereocenters. The van der Waals surface area contributed by atoms with Gasteiger partial charge in [-0.05, 0) is 68.1 Å². The maximum absolute atomic E-state index is 13.0. The molecule has 0 amide bonds. The first-order valence-electron chi connectivity index (χ1n) is 11.8. The number of rotatable bonds is 5. The Bertz CT molecular complexity index is 1120. The molecule has 1 aromatic heterocycles. The van der Waals surface area contributed by atoms with Crippen LogP contribution in [0.1, 0.15) is 61.6 Å². The molecule has 3 saturated carbocycles. The van der Waals surface area contributed by atoms with E-state index in [1.807, 2.05) is 12.1 Å². The van der Waals surface area contributed by atoms with E-state index in [0.717, 1.165) is 66.6 Å². The number of hydrogen-bond acceptors (Lipinski definition) is 6. The first-order valence-corrected chi connectivity index (χ1v) is 13.4. The SMILES string of the molecule is O=S1c2c(NC3(CO)CCC3)nc(N3CC4CC3CC4c3ccc(Cl)cc3)nc2C2CC21. The third kappa shape index (κ3) is 2.83. The third-order valence-electron chi connectivity index (χ3n) is 8.53. The number of benzene rings is 1. The van der Waals surface area contributed by atoms with Crippen LogP contribution < -0.4 is 10.2 Å². The van der Waals surface area contributed by atoms with E-state index in [1.165, 1.54) is 5.56 Å². The summed E-state index contributed by atoms with van der Waals surface area (Å²) >= 11 is 6.09. The Balaban J connectivity index is 1.20. The Morgan fingerprint density at radius 2 is 1.97 bits per heavy atom. The fourth-order valence-corrected chi connectivity index (χ4v) is 8.39. The summed E-state index contributed by atoms with van der Waals surface area (Å²) in [5, 5.41) is 14.5. The molecule has 2 aromatic rings. The molecule has 2 aliphatic heterocycles. The normalized spacial score (nSPS) is 35.4. The van der Waals surface area contributed by atoms with Crippen LogP contribution in [0.3, 0.4) is 0 Å². The highest BCUT2D eigenvalue weighted by Crippen LogP contribution is 2.57. The number of piperidine rings is 1. The van der Waals surface area contributed by atoms with Crippen LogP contribution in [0.15, 0.2) is 29.2 Å². The molecule has 1 saturated heterocycles. The van der Waals surface area contributed by atoms with Gasteiger partial charge < -0.3 is 15.3 Å². The van der Waals surface area contributed by atoms with E-state index in [2.05, 4.69) is 22.3 Å². The van der Waals surface area contributed by atoms with E-state index in [-0.39, 0.29) is 17.4 Å². The zero-order valence-electron chi connectivity index (χ0n) is 17.8. The third-order valence-corrected chi connectivity index (χ3v) is 10.7. The summed E-state index contributed by atoms with van der Waals surface area (Å²) in [6.45, 7) is 1.04. The zero-order chi connectivity index (χ0) is 21.6. The van der Waals surface area contributed by atoms with Gasteiger partial charge in [0.1, 0.15) is 10.7 Å². The molecule has 3 aliphatic carbocycles. The van der Waals surface area contributed by atoms with E-state index in [4.69, 9.17) is 21.6 Å². The van der Waals surface area contributed by atoms with Crippen LogP contribution in [-0.4, -0.2) is 49.3 Å². The van der Waals surface area contributed by atoms with Gasteiger partial charge in [-0.1, -0.05) is 23.7 Å². The van der Waals surface area contributed by atoms with Crippen LogP contribution in [-0.2, 0) is 10.8 Å². The summed E-state index contributed by atoms with van der Waals surface area (Å²) in [5.41, 5.74) is 2.05. The van der Waals surface area contributed by atoms with Gasteiger partial charge in [0, 0.05) is 28.8 Å². The number of aliphatic hydroxyl groups is 1. The van der Waals surface area contributed by atoms with Crippen molar-refractivity contribution in [2.45, 2.75) is 72.1 Å². The summed E-state index contributed by atoms with van der Waals surface area (Å²) in [4.78, 5) is 13.1. The number of aromatic nitrogens is 2. The average molecular weight is 471 g/mol. The Labute approximate surface area is 195 Å². The van der Waals surface area contributed by atoms with Crippen LogP contribution >= 0.6 is 11.6 Å². The standard InChI is InChI=1S/C24H27ClN4O2S/c25-15-4-2-13(3-5-15)17-9-16-8-14(17)11-29(16)23-26-20-18-10-19(18)32(31)21(20)22(27-23)28-24(12-30)6-1-7-24/h2-5,14,16-19,30H,1,6-12H2,(H,26,27,28).